The van der Waals surface area contributed by atoms with Gasteiger partial charge in [0.25, 0.3) is 0 Å². The maximum absolute atomic E-state index is 12.9. The summed E-state index contributed by atoms with van der Waals surface area (Å²) in [6.45, 7) is 6.56. The molecule has 0 radical (unpaired) electrons. The normalized spacial score (nSPS) is 12.5. The molecule has 0 spiro atoms. The number of hydrogen-bond acceptors (Lipinski definition) is 6. The summed E-state index contributed by atoms with van der Waals surface area (Å²) in [6, 6.07) is 0. The van der Waals surface area contributed by atoms with Gasteiger partial charge in [-0.2, -0.15) is 0 Å². The van der Waals surface area contributed by atoms with Crippen molar-refractivity contribution >= 4 is 17.9 Å². The number of ether oxygens (including phenoxy) is 3. The highest BCUT2D eigenvalue weighted by Crippen LogP contribution is 2.17. The molecule has 0 amide bonds. The van der Waals surface area contributed by atoms with Crippen molar-refractivity contribution in [2.75, 3.05) is 13.2 Å². The molecule has 0 fully saturated rings. The molecule has 0 saturated carbocycles. The van der Waals surface area contributed by atoms with Crippen LogP contribution in [0.1, 0.15) is 342 Å². The molecule has 0 aliphatic carbocycles. The van der Waals surface area contributed by atoms with Crippen LogP contribution in [0.3, 0.4) is 0 Å². The molecule has 0 heterocycles. The van der Waals surface area contributed by atoms with Crippen molar-refractivity contribution in [2.24, 2.45) is 0 Å². The number of hydrogen-bond donors (Lipinski definition) is 0. The van der Waals surface area contributed by atoms with Gasteiger partial charge in [0.05, 0.1) is 0 Å². The lowest BCUT2D eigenvalue weighted by Crippen LogP contribution is -2.30. The third kappa shape index (κ3) is 63.6. The van der Waals surface area contributed by atoms with Gasteiger partial charge in [-0.05, 0) is 89.9 Å². The van der Waals surface area contributed by atoms with E-state index in [9.17, 15) is 14.4 Å². The second-order valence-electron chi connectivity index (χ2n) is 22.4. The summed E-state index contributed by atoms with van der Waals surface area (Å²) in [7, 11) is 0. The second kappa shape index (κ2) is 65.4. The molecule has 6 heteroatoms. The molecule has 0 saturated heterocycles. The molecule has 0 bridgehead atoms. The molecule has 77 heavy (non-hydrogen) atoms. The lowest BCUT2D eigenvalue weighted by Gasteiger charge is -2.18. The van der Waals surface area contributed by atoms with Gasteiger partial charge in [-0.25, -0.2) is 0 Å². The first-order chi connectivity index (χ1) is 38.0. The summed E-state index contributed by atoms with van der Waals surface area (Å²) >= 11 is 0. The van der Waals surface area contributed by atoms with Gasteiger partial charge in [-0.1, -0.05) is 306 Å². The minimum atomic E-state index is -0.780. The average Bonchev–Trinajstić information content (AvgIpc) is 3.43. The standard InChI is InChI=1S/C71H126O6/c1-4-7-10-13-16-19-22-25-28-31-32-33-34-35-36-37-38-39-40-41-44-46-49-52-55-58-61-64-70(73)76-67-68(77-71(74)65-62-59-56-53-50-47-43-30-27-24-21-18-15-12-9-6-3)66-75-69(72)63-60-57-54-51-48-45-42-29-26-23-20-17-14-11-8-5-2/h7,10,16,19,25,28,30,32-33,35-36,43,68H,4-6,8-9,11-15,17-18,20-24,26-27,29,31,34,37-42,44-67H2,1-3H3/b10-7-,19-16-,28-25-,33-32-,36-35-,43-30-. The van der Waals surface area contributed by atoms with E-state index in [1.165, 1.54) is 205 Å². The maximum atomic E-state index is 12.9. The zero-order valence-corrected chi connectivity index (χ0v) is 51.2. The summed E-state index contributed by atoms with van der Waals surface area (Å²) in [5.41, 5.74) is 0. The van der Waals surface area contributed by atoms with Crippen molar-refractivity contribution in [3.63, 3.8) is 0 Å². The number of unbranched alkanes of at least 4 members (excludes halogenated alkanes) is 38. The molecule has 446 valence electrons. The van der Waals surface area contributed by atoms with Crippen LogP contribution in [-0.2, 0) is 28.6 Å². The minimum absolute atomic E-state index is 0.0751. The highest BCUT2D eigenvalue weighted by atomic mass is 16.6. The largest absolute Gasteiger partial charge is 0.462 e. The molecule has 6 nitrogen and oxygen atoms in total. The molecule has 0 aliphatic heterocycles. The van der Waals surface area contributed by atoms with E-state index < -0.39 is 6.10 Å². The molecule has 0 aromatic rings. The Hall–Kier alpha value is -3.15. The first-order valence-corrected chi connectivity index (χ1v) is 33.4. The van der Waals surface area contributed by atoms with Crippen molar-refractivity contribution in [2.45, 2.75) is 348 Å². The van der Waals surface area contributed by atoms with E-state index in [-0.39, 0.29) is 31.1 Å². The van der Waals surface area contributed by atoms with Crippen molar-refractivity contribution in [3.05, 3.63) is 72.9 Å². The molecule has 0 aromatic heterocycles. The Bertz CT molecular complexity index is 1420. The maximum Gasteiger partial charge on any atom is 0.306 e. The third-order valence-corrected chi connectivity index (χ3v) is 14.7. The Morgan fingerprint density at radius 3 is 0.805 bits per heavy atom. The van der Waals surface area contributed by atoms with Crippen LogP contribution in [0.4, 0.5) is 0 Å². The van der Waals surface area contributed by atoms with Crippen LogP contribution in [0, 0.1) is 0 Å². The van der Waals surface area contributed by atoms with Crippen LogP contribution >= 0.6 is 0 Å². The Morgan fingerprint density at radius 1 is 0.273 bits per heavy atom. The van der Waals surface area contributed by atoms with Gasteiger partial charge in [0.2, 0.25) is 0 Å². The minimum Gasteiger partial charge on any atom is -0.462 e. The Morgan fingerprint density at radius 2 is 0.506 bits per heavy atom. The number of allylic oxidation sites excluding steroid dienone is 12. The monoisotopic (exact) mass is 1070 g/mol. The van der Waals surface area contributed by atoms with E-state index in [1.807, 2.05) is 0 Å². The van der Waals surface area contributed by atoms with E-state index in [0.29, 0.717) is 19.3 Å². The zero-order valence-electron chi connectivity index (χ0n) is 51.2. The Balaban J connectivity index is 4.30. The van der Waals surface area contributed by atoms with Crippen molar-refractivity contribution in [1.82, 2.24) is 0 Å². The second-order valence-corrected chi connectivity index (χ2v) is 22.4. The number of rotatable bonds is 61. The molecule has 1 atom stereocenters. The summed E-state index contributed by atoms with van der Waals surface area (Å²) in [6.07, 6.45) is 84.8. The smallest absolute Gasteiger partial charge is 0.306 e. The van der Waals surface area contributed by atoms with E-state index in [4.69, 9.17) is 14.2 Å². The zero-order chi connectivity index (χ0) is 55.7. The van der Waals surface area contributed by atoms with E-state index in [0.717, 1.165) is 96.3 Å². The summed E-state index contributed by atoms with van der Waals surface area (Å²) in [4.78, 5) is 38.4. The van der Waals surface area contributed by atoms with Crippen molar-refractivity contribution in [1.29, 1.82) is 0 Å². The lowest BCUT2D eigenvalue weighted by molar-refractivity contribution is -0.167. The summed E-state index contributed by atoms with van der Waals surface area (Å²) in [5.74, 6) is -0.867. The molecule has 0 aliphatic rings. The molecule has 0 aromatic carbocycles. The molecule has 0 rings (SSSR count). The van der Waals surface area contributed by atoms with Gasteiger partial charge in [-0.15, -0.1) is 0 Å². The Labute approximate surface area is 478 Å². The van der Waals surface area contributed by atoms with Crippen LogP contribution in [0.15, 0.2) is 72.9 Å². The third-order valence-electron chi connectivity index (χ3n) is 14.7. The van der Waals surface area contributed by atoms with Crippen LogP contribution in [0.2, 0.25) is 0 Å². The number of esters is 3. The fraction of sp³-hybridized carbons (Fsp3) is 0.789. The van der Waals surface area contributed by atoms with Crippen molar-refractivity contribution < 1.29 is 28.6 Å². The predicted molar refractivity (Wildman–Crippen MR) is 335 cm³/mol. The highest BCUT2D eigenvalue weighted by molar-refractivity contribution is 5.71. The first kappa shape index (κ1) is 73.8. The van der Waals surface area contributed by atoms with Gasteiger partial charge in [0, 0.05) is 19.3 Å². The topological polar surface area (TPSA) is 78.9 Å². The van der Waals surface area contributed by atoms with Gasteiger partial charge in [-0.3, -0.25) is 14.4 Å². The predicted octanol–water partition coefficient (Wildman–Crippen LogP) is 22.9. The fourth-order valence-electron chi connectivity index (χ4n) is 9.70. The first-order valence-electron chi connectivity index (χ1n) is 33.4. The Kier molecular flexibility index (Phi) is 62.7. The highest BCUT2D eigenvalue weighted by Gasteiger charge is 2.19. The number of carbonyl (C=O) groups excluding carboxylic acids is 3. The molecule has 1 unspecified atom stereocenters. The van der Waals surface area contributed by atoms with E-state index in [1.54, 1.807) is 0 Å². The summed E-state index contributed by atoms with van der Waals surface area (Å²) in [5, 5.41) is 0. The van der Waals surface area contributed by atoms with Gasteiger partial charge in [0.1, 0.15) is 13.2 Å². The summed E-state index contributed by atoms with van der Waals surface area (Å²) < 4.78 is 17.0. The van der Waals surface area contributed by atoms with E-state index >= 15 is 0 Å². The number of carbonyl (C=O) groups is 3. The van der Waals surface area contributed by atoms with Crippen molar-refractivity contribution in [3.8, 4) is 0 Å². The van der Waals surface area contributed by atoms with Crippen LogP contribution < -0.4 is 0 Å². The van der Waals surface area contributed by atoms with Gasteiger partial charge < -0.3 is 14.2 Å². The lowest BCUT2D eigenvalue weighted by atomic mass is 10.0. The quantitative estimate of drug-likeness (QED) is 0.0261. The van der Waals surface area contributed by atoms with Crippen LogP contribution in [0.25, 0.3) is 0 Å². The van der Waals surface area contributed by atoms with Crippen LogP contribution in [-0.4, -0.2) is 37.2 Å². The van der Waals surface area contributed by atoms with Crippen LogP contribution in [0.5, 0.6) is 0 Å². The SMILES string of the molecule is CC/C=C\C/C=C\C/C=C\C/C=C\C/C=C\CCCCCCCCCCCCCC(=O)OCC(COC(=O)CCCCCCCCCCCCCCCCCC)OC(=O)CCCCCCC/C=C\CCCCCCCCC. The van der Waals surface area contributed by atoms with Gasteiger partial charge >= 0.3 is 17.9 Å². The average molecular weight is 1080 g/mol. The molecular weight excluding hydrogens is 949 g/mol. The molecular formula is C71H126O6. The molecule has 0 N–H and O–H groups in total. The fourth-order valence-corrected chi connectivity index (χ4v) is 9.70. The van der Waals surface area contributed by atoms with Gasteiger partial charge in [0.15, 0.2) is 6.10 Å². The van der Waals surface area contributed by atoms with E-state index in [2.05, 4.69) is 93.7 Å².